The number of aromatic nitrogens is 1. The van der Waals surface area contributed by atoms with Gasteiger partial charge in [0.1, 0.15) is 17.8 Å². The first kappa shape index (κ1) is 20.0. The second-order valence-electron chi connectivity index (χ2n) is 7.74. The Morgan fingerprint density at radius 1 is 0.967 bits per heavy atom. The summed E-state index contributed by atoms with van der Waals surface area (Å²) in [5.41, 5.74) is 4.99. The second-order valence-corrected chi connectivity index (χ2v) is 7.74. The second kappa shape index (κ2) is 8.57. The molecule has 0 spiro atoms. The summed E-state index contributed by atoms with van der Waals surface area (Å²) in [5, 5.41) is 1.11. The highest BCUT2D eigenvalue weighted by Gasteiger charge is 2.23. The molecule has 5 rings (SSSR count). The molecular weight excluding hydrogens is 378 g/mol. The van der Waals surface area contributed by atoms with Crippen molar-refractivity contribution in [2.24, 2.45) is 5.92 Å². The molecule has 154 valence electrons. The summed E-state index contributed by atoms with van der Waals surface area (Å²) >= 11 is 0. The fraction of sp³-hybridized carbons (Fsp3) is 0.280. The fourth-order valence-electron chi connectivity index (χ4n) is 3.79. The van der Waals surface area contributed by atoms with E-state index in [1.165, 1.54) is 18.4 Å². The lowest BCUT2D eigenvalue weighted by Crippen LogP contribution is -2.03. The van der Waals surface area contributed by atoms with E-state index in [9.17, 15) is 9.59 Å². The van der Waals surface area contributed by atoms with E-state index in [-0.39, 0.29) is 0 Å². The number of carbonyl (C=O) groups is 2. The van der Waals surface area contributed by atoms with Gasteiger partial charge in [0.2, 0.25) is 0 Å². The molecule has 2 aliphatic rings. The maximum atomic E-state index is 11.1. The van der Waals surface area contributed by atoms with Crippen LogP contribution in [0.3, 0.4) is 0 Å². The van der Waals surface area contributed by atoms with Crippen LogP contribution >= 0.6 is 0 Å². The van der Waals surface area contributed by atoms with E-state index in [2.05, 4.69) is 4.57 Å². The van der Waals surface area contributed by atoms with Crippen LogP contribution in [0.25, 0.3) is 17.0 Å². The molecular formula is C25H25NO4. The van der Waals surface area contributed by atoms with Crippen molar-refractivity contribution in [2.75, 3.05) is 14.2 Å². The van der Waals surface area contributed by atoms with Crippen LogP contribution in [0.2, 0.25) is 0 Å². The maximum absolute atomic E-state index is 11.1. The third kappa shape index (κ3) is 4.15. The summed E-state index contributed by atoms with van der Waals surface area (Å²) in [7, 11) is 3.31. The van der Waals surface area contributed by atoms with E-state index in [1.54, 1.807) is 14.2 Å². The minimum absolute atomic E-state index is 0.732. The minimum atomic E-state index is 0.732. The smallest absolute Gasteiger partial charge is 0.166 e. The van der Waals surface area contributed by atoms with Crippen molar-refractivity contribution in [2.45, 2.75) is 25.8 Å². The highest BCUT2D eigenvalue weighted by molar-refractivity contribution is 5.89. The number of ether oxygens (including phenoxy) is 2. The van der Waals surface area contributed by atoms with Gasteiger partial charge in [-0.2, -0.15) is 0 Å². The Kier molecular flexibility index (Phi) is 5.70. The van der Waals surface area contributed by atoms with Crippen LogP contribution in [-0.4, -0.2) is 31.4 Å². The Labute approximate surface area is 175 Å². The molecule has 1 fully saturated rings. The predicted octanol–water partition coefficient (Wildman–Crippen LogP) is 4.71. The summed E-state index contributed by atoms with van der Waals surface area (Å²) in [6.07, 6.45) is 7.06. The first-order chi connectivity index (χ1) is 14.6. The number of carbonyl (C=O) groups excluding carboxylic acids is 2. The molecule has 0 radical (unpaired) electrons. The quantitative estimate of drug-likeness (QED) is 0.560. The molecule has 0 amide bonds. The van der Waals surface area contributed by atoms with E-state index in [0.717, 1.165) is 70.7 Å². The average Bonchev–Trinajstić information content (AvgIpc) is 3.40. The molecule has 30 heavy (non-hydrogen) atoms. The van der Waals surface area contributed by atoms with Gasteiger partial charge < -0.3 is 14.0 Å². The molecule has 2 aliphatic carbocycles. The molecule has 0 aliphatic heterocycles. The molecule has 5 nitrogen and oxygen atoms in total. The predicted molar refractivity (Wildman–Crippen MR) is 117 cm³/mol. The van der Waals surface area contributed by atoms with Crippen LogP contribution in [0.1, 0.15) is 34.5 Å². The van der Waals surface area contributed by atoms with Gasteiger partial charge in [0.25, 0.3) is 0 Å². The molecule has 1 saturated carbocycles. The number of aldehydes is 2. The largest absolute Gasteiger partial charge is 0.497 e. The monoisotopic (exact) mass is 403 g/mol. The highest BCUT2D eigenvalue weighted by Crippen LogP contribution is 2.33. The summed E-state index contributed by atoms with van der Waals surface area (Å²) < 4.78 is 12.4. The zero-order chi connectivity index (χ0) is 21.1. The van der Waals surface area contributed by atoms with Crippen LogP contribution in [0, 0.1) is 5.92 Å². The van der Waals surface area contributed by atoms with Crippen LogP contribution in [-0.2, 0) is 17.8 Å². The van der Waals surface area contributed by atoms with E-state index in [1.807, 2.05) is 48.5 Å². The van der Waals surface area contributed by atoms with Crippen molar-refractivity contribution in [3.05, 3.63) is 64.9 Å². The number of nitrogens with zero attached hydrogens (tertiary/aromatic N) is 1. The molecule has 0 atom stereocenters. The van der Waals surface area contributed by atoms with Crippen LogP contribution in [0.15, 0.2) is 48.0 Å². The standard InChI is InChI=1S/C14H15NO2.C11H10O2/c1-17-13-5-4-11-6-12(9-16)15(14(11)7-13)8-10-2-3-10;1-13-11-3-2-9-4-8(7-12)5-10(9)6-11/h4-7,9-10H,2-3,8H2,1H3;2-4,6-7H,5H2,1H3. The first-order valence-corrected chi connectivity index (χ1v) is 10.1. The Balaban J connectivity index is 0.000000151. The number of hydrogen-bond acceptors (Lipinski definition) is 4. The number of benzene rings is 2. The summed E-state index contributed by atoms with van der Waals surface area (Å²) in [5.74, 6) is 2.43. The Morgan fingerprint density at radius 2 is 1.70 bits per heavy atom. The van der Waals surface area contributed by atoms with Gasteiger partial charge in [-0.1, -0.05) is 6.07 Å². The molecule has 3 aromatic rings. The number of hydrogen-bond donors (Lipinski definition) is 0. The zero-order valence-corrected chi connectivity index (χ0v) is 17.3. The van der Waals surface area contributed by atoms with Crippen molar-refractivity contribution >= 4 is 29.6 Å². The Hall–Kier alpha value is -3.34. The summed E-state index contributed by atoms with van der Waals surface area (Å²) in [6.45, 7) is 0.949. The van der Waals surface area contributed by atoms with E-state index < -0.39 is 0 Å². The third-order valence-electron chi connectivity index (χ3n) is 5.64. The van der Waals surface area contributed by atoms with Gasteiger partial charge >= 0.3 is 0 Å². The third-order valence-corrected chi connectivity index (χ3v) is 5.64. The highest BCUT2D eigenvalue weighted by atomic mass is 16.5. The fourth-order valence-corrected chi connectivity index (χ4v) is 3.79. The lowest BCUT2D eigenvalue weighted by molar-refractivity contribution is -0.104. The van der Waals surface area contributed by atoms with Crippen molar-refractivity contribution in [3.8, 4) is 11.5 Å². The first-order valence-electron chi connectivity index (χ1n) is 10.1. The summed E-state index contributed by atoms with van der Waals surface area (Å²) in [6, 6.07) is 13.7. The van der Waals surface area contributed by atoms with Crippen LogP contribution in [0.4, 0.5) is 0 Å². The van der Waals surface area contributed by atoms with Crippen LogP contribution in [0.5, 0.6) is 11.5 Å². The minimum Gasteiger partial charge on any atom is -0.497 e. The molecule has 0 bridgehead atoms. The van der Waals surface area contributed by atoms with Crippen molar-refractivity contribution in [3.63, 3.8) is 0 Å². The van der Waals surface area contributed by atoms with Gasteiger partial charge in [0.05, 0.1) is 25.4 Å². The van der Waals surface area contributed by atoms with Gasteiger partial charge in [-0.05, 0) is 71.9 Å². The van der Waals surface area contributed by atoms with E-state index in [4.69, 9.17) is 9.47 Å². The maximum Gasteiger partial charge on any atom is 0.166 e. The topological polar surface area (TPSA) is 57.5 Å². The van der Waals surface area contributed by atoms with Gasteiger partial charge in [-0.15, -0.1) is 0 Å². The lowest BCUT2D eigenvalue weighted by atomic mass is 10.1. The molecule has 0 unspecified atom stereocenters. The zero-order valence-electron chi connectivity index (χ0n) is 17.3. The molecule has 2 aromatic carbocycles. The van der Waals surface area contributed by atoms with Crippen molar-refractivity contribution < 1.29 is 19.1 Å². The van der Waals surface area contributed by atoms with Gasteiger partial charge in [0.15, 0.2) is 6.29 Å². The van der Waals surface area contributed by atoms with Crippen molar-refractivity contribution in [1.29, 1.82) is 0 Å². The molecule has 1 aromatic heterocycles. The number of methoxy groups -OCH3 is 2. The van der Waals surface area contributed by atoms with Crippen LogP contribution < -0.4 is 9.47 Å². The van der Waals surface area contributed by atoms with Gasteiger partial charge in [-0.3, -0.25) is 9.59 Å². The Morgan fingerprint density at radius 3 is 2.37 bits per heavy atom. The molecule has 1 heterocycles. The average molecular weight is 403 g/mol. The summed E-state index contributed by atoms with van der Waals surface area (Å²) in [4.78, 5) is 21.6. The normalized spacial score (nSPS) is 14.4. The molecule has 0 saturated heterocycles. The van der Waals surface area contributed by atoms with Crippen molar-refractivity contribution in [1.82, 2.24) is 4.57 Å². The van der Waals surface area contributed by atoms with Gasteiger partial charge in [-0.25, -0.2) is 0 Å². The van der Waals surface area contributed by atoms with Gasteiger partial charge in [0, 0.05) is 24.4 Å². The lowest BCUT2D eigenvalue weighted by Gasteiger charge is -2.07. The van der Waals surface area contributed by atoms with E-state index in [0.29, 0.717) is 0 Å². The van der Waals surface area contributed by atoms with E-state index >= 15 is 0 Å². The molecule has 5 heteroatoms. The number of rotatable bonds is 6. The molecule has 0 N–H and O–H groups in total. The Bertz CT molecular complexity index is 1120. The number of fused-ring (bicyclic) bond motifs is 2. The number of allylic oxidation sites excluding steroid dienone is 1. The SMILES string of the molecule is COc1ccc2c(c1)CC(C=O)=C2.COc1ccc2cc(C=O)n(CC3CC3)c2c1.